The van der Waals surface area contributed by atoms with Crippen LogP contribution in [-0.4, -0.2) is 24.7 Å². The average Bonchev–Trinajstić information content (AvgIpc) is 2.84. The molecule has 3 rings (SSSR count). The van der Waals surface area contributed by atoms with Crippen LogP contribution < -0.4 is 0 Å². The second-order valence-electron chi connectivity index (χ2n) is 4.88. The predicted molar refractivity (Wildman–Crippen MR) is 80.4 cm³/mol. The second-order valence-corrected chi connectivity index (χ2v) is 5.27. The van der Waals surface area contributed by atoms with Crippen molar-refractivity contribution in [2.24, 2.45) is 0 Å². The highest BCUT2D eigenvalue weighted by molar-refractivity contribution is 7.71. The third-order valence-corrected chi connectivity index (χ3v) is 3.59. The Morgan fingerprint density at radius 2 is 1.92 bits per heavy atom. The van der Waals surface area contributed by atoms with Crippen LogP contribution in [0.4, 0.5) is 18.9 Å². The van der Waals surface area contributed by atoms with Gasteiger partial charge in [-0.15, -0.1) is 0 Å². The lowest BCUT2D eigenvalue weighted by Crippen LogP contribution is -2.12. The minimum absolute atomic E-state index is 0.0219. The Morgan fingerprint density at radius 1 is 1.29 bits per heavy atom. The molecule has 1 N–H and O–H groups in total. The van der Waals surface area contributed by atoms with E-state index in [1.165, 1.54) is 28.9 Å². The molecule has 2 heterocycles. The Hall–Kier alpha value is -2.82. The van der Waals surface area contributed by atoms with Gasteiger partial charge in [0.1, 0.15) is 10.3 Å². The molecule has 0 fully saturated rings. The molecule has 0 aliphatic rings. The van der Waals surface area contributed by atoms with Crippen molar-refractivity contribution in [1.82, 2.24) is 19.7 Å². The number of H-pyrrole nitrogens is 1. The predicted octanol–water partition coefficient (Wildman–Crippen LogP) is 3.71. The first kappa shape index (κ1) is 16.1. The minimum atomic E-state index is -4.69. The Balaban J connectivity index is 2.26. The zero-order valence-electron chi connectivity index (χ0n) is 12.0. The summed E-state index contributed by atoms with van der Waals surface area (Å²) < 4.78 is 39.8. The largest absolute Gasteiger partial charge is 0.449 e. The maximum absolute atomic E-state index is 12.9. The maximum atomic E-state index is 12.9. The van der Waals surface area contributed by atoms with E-state index in [0.29, 0.717) is 11.4 Å². The molecule has 7 nitrogen and oxygen atoms in total. The summed E-state index contributed by atoms with van der Waals surface area (Å²) in [4.78, 5) is 15.7. The van der Waals surface area contributed by atoms with Gasteiger partial charge in [0.2, 0.25) is 5.82 Å². The molecule has 124 valence electrons. The van der Waals surface area contributed by atoms with Crippen molar-refractivity contribution in [3.8, 4) is 5.69 Å². The highest BCUT2D eigenvalue weighted by Crippen LogP contribution is 2.29. The van der Waals surface area contributed by atoms with Crippen LogP contribution >= 0.6 is 12.2 Å². The van der Waals surface area contributed by atoms with Crippen LogP contribution in [0.3, 0.4) is 0 Å². The van der Waals surface area contributed by atoms with Gasteiger partial charge in [-0.05, 0) is 19.1 Å². The fraction of sp³-hybridized carbons (Fsp3) is 0.154. The van der Waals surface area contributed by atoms with Crippen LogP contribution in [0, 0.1) is 21.7 Å². The zero-order chi connectivity index (χ0) is 17.6. The molecule has 0 unspecified atom stereocenters. The van der Waals surface area contributed by atoms with E-state index in [9.17, 15) is 23.3 Å². The topological polar surface area (TPSA) is 89.6 Å². The summed E-state index contributed by atoms with van der Waals surface area (Å²) in [6.07, 6.45) is -4.69. The van der Waals surface area contributed by atoms with Crippen LogP contribution in [0.15, 0.2) is 24.3 Å². The van der Waals surface area contributed by atoms with Crippen molar-refractivity contribution < 1.29 is 18.1 Å². The van der Waals surface area contributed by atoms with Crippen LogP contribution in [0.25, 0.3) is 16.7 Å². The van der Waals surface area contributed by atoms with Crippen molar-refractivity contribution >= 4 is 28.9 Å². The first-order chi connectivity index (χ1) is 11.2. The summed E-state index contributed by atoms with van der Waals surface area (Å²) in [7, 11) is 0. The normalized spacial score (nSPS) is 11.8. The fourth-order valence-electron chi connectivity index (χ4n) is 2.23. The van der Waals surface area contributed by atoms with Crippen molar-refractivity contribution in [2.75, 3.05) is 0 Å². The quantitative estimate of drug-likeness (QED) is 0.430. The molecule has 0 aliphatic carbocycles. The monoisotopic (exact) mass is 355 g/mol. The minimum Gasteiger partial charge on any atom is -0.320 e. The third kappa shape index (κ3) is 2.62. The number of hydrogen-bond acceptors (Lipinski definition) is 5. The molecule has 0 aliphatic heterocycles. The van der Waals surface area contributed by atoms with Crippen LogP contribution in [0.2, 0.25) is 0 Å². The number of nitrogens with one attached hydrogen (secondary N) is 1. The van der Waals surface area contributed by atoms with E-state index in [1.807, 2.05) is 0 Å². The Bertz CT molecular complexity index is 1010. The number of nitro groups is 1. The third-order valence-electron chi connectivity index (χ3n) is 3.30. The fourth-order valence-corrected chi connectivity index (χ4v) is 2.57. The number of fused-ring (bicyclic) bond motifs is 1. The SMILES string of the molecule is Cc1nn(-c2ccc([N+](=O)[O-])cc2)c2[nH]c(C(F)(F)F)nc(=S)c12. The summed E-state index contributed by atoms with van der Waals surface area (Å²) in [5.41, 5.74) is 0.626. The van der Waals surface area contributed by atoms with Crippen LogP contribution in [-0.2, 0) is 6.18 Å². The van der Waals surface area contributed by atoms with E-state index >= 15 is 0 Å². The lowest BCUT2D eigenvalue weighted by molar-refractivity contribution is -0.384. The molecule has 0 radical (unpaired) electrons. The van der Waals surface area contributed by atoms with Gasteiger partial charge in [0.25, 0.3) is 5.69 Å². The van der Waals surface area contributed by atoms with Gasteiger partial charge in [-0.1, -0.05) is 12.2 Å². The molecule has 24 heavy (non-hydrogen) atoms. The molecule has 2 aromatic heterocycles. The van der Waals surface area contributed by atoms with E-state index in [4.69, 9.17) is 12.2 Å². The Morgan fingerprint density at radius 3 is 2.46 bits per heavy atom. The van der Waals surface area contributed by atoms with Crippen molar-refractivity contribution in [3.05, 3.63) is 50.5 Å². The van der Waals surface area contributed by atoms with Gasteiger partial charge < -0.3 is 4.98 Å². The molecule has 1 aromatic carbocycles. The van der Waals surface area contributed by atoms with E-state index in [2.05, 4.69) is 15.1 Å². The highest BCUT2D eigenvalue weighted by Gasteiger charge is 2.34. The molecule has 0 saturated heterocycles. The number of rotatable bonds is 2. The second kappa shape index (κ2) is 5.37. The lowest BCUT2D eigenvalue weighted by atomic mass is 10.3. The number of aromatic amines is 1. The molecule has 0 atom stereocenters. The molecule has 0 amide bonds. The highest BCUT2D eigenvalue weighted by atomic mass is 32.1. The standard InChI is InChI=1S/C13H8F3N5O2S/c1-6-9-10(17-12(13(14,15)16)18-11(9)24)20(19-6)7-2-4-8(5-3-7)21(22)23/h2-5H,1H3,(H,17,18,24). The Kier molecular flexibility index (Phi) is 3.59. The van der Waals surface area contributed by atoms with E-state index in [0.717, 1.165) is 0 Å². The summed E-state index contributed by atoms with van der Waals surface area (Å²) in [5.74, 6) is -1.23. The number of benzene rings is 1. The summed E-state index contributed by atoms with van der Waals surface area (Å²) >= 11 is 4.94. The average molecular weight is 355 g/mol. The number of alkyl halides is 3. The molecule has 0 bridgehead atoms. The van der Waals surface area contributed by atoms with Crippen LogP contribution in [0.1, 0.15) is 11.5 Å². The maximum Gasteiger partial charge on any atom is 0.449 e. The smallest absolute Gasteiger partial charge is 0.320 e. The van der Waals surface area contributed by atoms with E-state index in [1.54, 1.807) is 6.92 Å². The molecular formula is C13H8F3N5O2S. The van der Waals surface area contributed by atoms with E-state index in [-0.39, 0.29) is 21.4 Å². The molecule has 0 spiro atoms. The number of hydrogen-bond donors (Lipinski definition) is 1. The zero-order valence-corrected chi connectivity index (χ0v) is 12.8. The number of aryl methyl sites for hydroxylation is 1. The van der Waals surface area contributed by atoms with Gasteiger partial charge in [0.15, 0.2) is 0 Å². The van der Waals surface area contributed by atoms with E-state index < -0.39 is 16.9 Å². The number of non-ortho nitro benzene ring substituents is 1. The molecule has 0 saturated carbocycles. The van der Waals surface area contributed by atoms with Gasteiger partial charge >= 0.3 is 6.18 Å². The summed E-state index contributed by atoms with van der Waals surface area (Å²) in [5, 5.41) is 15.1. The molecule has 3 aromatic rings. The first-order valence-electron chi connectivity index (χ1n) is 6.50. The van der Waals surface area contributed by atoms with Gasteiger partial charge in [-0.25, -0.2) is 9.67 Å². The summed E-state index contributed by atoms with van der Waals surface area (Å²) in [6.45, 7) is 1.59. The van der Waals surface area contributed by atoms with Crippen molar-refractivity contribution in [1.29, 1.82) is 0 Å². The lowest BCUT2D eigenvalue weighted by Gasteiger charge is -2.08. The molecular weight excluding hydrogens is 347 g/mol. The van der Waals surface area contributed by atoms with Gasteiger partial charge in [-0.2, -0.15) is 18.3 Å². The van der Waals surface area contributed by atoms with Gasteiger partial charge in [0.05, 0.1) is 21.7 Å². The van der Waals surface area contributed by atoms with Crippen LogP contribution in [0.5, 0.6) is 0 Å². The van der Waals surface area contributed by atoms with Crippen molar-refractivity contribution in [3.63, 3.8) is 0 Å². The number of halogens is 3. The number of nitrogens with zero attached hydrogens (tertiary/aromatic N) is 4. The van der Waals surface area contributed by atoms with Gasteiger partial charge in [-0.3, -0.25) is 10.1 Å². The van der Waals surface area contributed by atoms with Crippen molar-refractivity contribution in [2.45, 2.75) is 13.1 Å². The first-order valence-corrected chi connectivity index (χ1v) is 6.91. The molecule has 11 heteroatoms. The number of nitro benzene ring substituents is 1. The van der Waals surface area contributed by atoms with Gasteiger partial charge in [0, 0.05) is 12.1 Å². The number of aromatic nitrogens is 4. The summed E-state index contributed by atoms with van der Waals surface area (Å²) in [6, 6.07) is 5.24. The Labute approximate surface area is 136 Å².